The van der Waals surface area contributed by atoms with E-state index in [1.807, 2.05) is 11.0 Å². The topological polar surface area (TPSA) is 78.4 Å². The summed E-state index contributed by atoms with van der Waals surface area (Å²) < 4.78 is 0. The highest BCUT2D eigenvalue weighted by atomic mass is 16.2. The van der Waals surface area contributed by atoms with Crippen LogP contribution in [0.5, 0.6) is 0 Å². The van der Waals surface area contributed by atoms with Crippen LogP contribution in [-0.4, -0.2) is 52.9 Å². The SMILES string of the molecule is CC(=O)NCC(=O)N1CCC[C@H](c2nc(C)c3c(n2)N(Cc2ccccc2)CCC3)C1. The monoisotopic (exact) mass is 421 g/mol. The Kier molecular flexibility index (Phi) is 6.49. The first-order valence-corrected chi connectivity index (χ1v) is 11.2. The van der Waals surface area contributed by atoms with E-state index in [0.717, 1.165) is 62.7 Å². The third-order valence-corrected chi connectivity index (χ3v) is 6.21. The van der Waals surface area contributed by atoms with Gasteiger partial charge in [0.25, 0.3) is 0 Å². The van der Waals surface area contributed by atoms with Crippen molar-refractivity contribution in [1.82, 2.24) is 20.2 Å². The summed E-state index contributed by atoms with van der Waals surface area (Å²) in [6.07, 6.45) is 4.02. The number of piperidine rings is 1. The molecular weight excluding hydrogens is 390 g/mol. The van der Waals surface area contributed by atoms with Gasteiger partial charge in [-0.2, -0.15) is 0 Å². The van der Waals surface area contributed by atoms with E-state index in [9.17, 15) is 9.59 Å². The minimum Gasteiger partial charge on any atom is -0.352 e. The third-order valence-electron chi connectivity index (χ3n) is 6.21. The van der Waals surface area contributed by atoms with E-state index in [1.165, 1.54) is 18.1 Å². The molecule has 3 heterocycles. The second-order valence-electron chi connectivity index (χ2n) is 8.57. The molecule has 1 aromatic carbocycles. The molecule has 4 rings (SSSR count). The van der Waals surface area contributed by atoms with Gasteiger partial charge in [0.1, 0.15) is 11.6 Å². The molecule has 1 saturated heterocycles. The number of carbonyl (C=O) groups is 2. The summed E-state index contributed by atoms with van der Waals surface area (Å²) in [7, 11) is 0. The van der Waals surface area contributed by atoms with Gasteiger partial charge in [-0.15, -0.1) is 0 Å². The summed E-state index contributed by atoms with van der Waals surface area (Å²) in [5.74, 6) is 1.79. The number of fused-ring (bicyclic) bond motifs is 1. The van der Waals surface area contributed by atoms with Gasteiger partial charge in [0.15, 0.2) is 0 Å². The van der Waals surface area contributed by atoms with Crippen LogP contribution in [0.3, 0.4) is 0 Å². The van der Waals surface area contributed by atoms with Gasteiger partial charge in [-0.1, -0.05) is 30.3 Å². The van der Waals surface area contributed by atoms with Crippen molar-refractivity contribution in [3.63, 3.8) is 0 Å². The Morgan fingerprint density at radius 1 is 1.13 bits per heavy atom. The van der Waals surface area contributed by atoms with Gasteiger partial charge in [-0.3, -0.25) is 9.59 Å². The summed E-state index contributed by atoms with van der Waals surface area (Å²) >= 11 is 0. The molecule has 0 aliphatic carbocycles. The van der Waals surface area contributed by atoms with E-state index in [-0.39, 0.29) is 24.3 Å². The average molecular weight is 422 g/mol. The Labute approximate surface area is 183 Å². The van der Waals surface area contributed by atoms with Gasteiger partial charge in [0.05, 0.1) is 6.54 Å². The average Bonchev–Trinajstić information content (AvgIpc) is 2.78. The standard InChI is InChI=1S/C24H31N5O2/c1-17-21-11-7-13-29(15-19-8-4-3-5-9-19)24(21)27-23(26-17)20-10-6-12-28(16-20)22(31)14-25-18(2)30/h3-5,8-9,20H,6-7,10-16H2,1-2H3,(H,25,30)/t20-/m0/s1. The maximum absolute atomic E-state index is 12.5. The molecule has 0 bridgehead atoms. The van der Waals surface area contributed by atoms with Gasteiger partial charge in [-0.05, 0) is 38.2 Å². The molecule has 0 unspecified atom stereocenters. The third kappa shape index (κ3) is 5.03. The van der Waals surface area contributed by atoms with Crippen LogP contribution in [-0.2, 0) is 22.6 Å². The highest BCUT2D eigenvalue weighted by molar-refractivity contribution is 5.83. The number of aryl methyl sites for hydroxylation is 1. The van der Waals surface area contributed by atoms with Crippen molar-refractivity contribution >= 4 is 17.6 Å². The van der Waals surface area contributed by atoms with Gasteiger partial charge >= 0.3 is 0 Å². The first-order valence-electron chi connectivity index (χ1n) is 11.2. The Balaban J connectivity index is 1.54. The second kappa shape index (κ2) is 9.45. The fraction of sp³-hybridized carbons (Fsp3) is 0.500. The zero-order valence-electron chi connectivity index (χ0n) is 18.4. The zero-order valence-corrected chi connectivity index (χ0v) is 18.4. The number of hydrogen-bond donors (Lipinski definition) is 1. The molecule has 2 aliphatic heterocycles. The van der Waals surface area contributed by atoms with Gasteiger partial charge in [0, 0.05) is 50.3 Å². The lowest BCUT2D eigenvalue weighted by Gasteiger charge is -2.34. The van der Waals surface area contributed by atoms with E-state index in [4.69, 9.17) is 9.97 Å². The number of rotatable bonds is 5. The molecule has 2 amide bonds. The van der Waals surface area contributed by atoms with Crippen molar-refractivity contribution in [2.75, 3.05) is 31.1 Å². The number of hydrogen-bond acceptors (Lipinski definition) is 5. The number of aromatic nitrogens is 2. The molecule has 2 aromatic rings. The lowest BCUT2D eigenvalue weighted by Crippen LogP contribution is -2.44. The highest BCUT2D eigenvalue weighted by Gasteiger charge is 2.29. The van der Waals surface area contributed by atoms with Crippen LogP contribution in [0.2, 0.25) is 0 Å². The largest absolute Gasteiger partial charge is 0.352 e. The van der Waals surface area contributed by atoms with Crippen LogP contribution >= 0.6 is 0 Å². The van der Waals surface area contributed by atoms with Gasteiger partial charge in [0.2, 0.25) is 11.8 Å². The number of nitrogens with one attached hydrogen (secondary N) is 1. The fourth-order valence-corrected chi connectivity index (χ4v) is 4.58. The van der Waals surface area contributed by atoms with Crippen LogP contribution in [0.4, 0.5) is 5.82 Å². The van der Waals surface area contributed by atoms with Crippen molar-refractivity contribution in [3.05, 3.63) is 53.0 Å². The summed E-state index contributed by atoms with van der Waals surface area (Å²) in [6, 6.07) is 10.5. The number of carbonyl (C=O) groups excluding carboxylic acids is 2. The smallest absolute Gasteiger partial charge is 0.241 e. The first-order chi connectivity index (χ1) is 15.0. The number of nitrogens with zero attached hydrogens (tertiary/aromatic N) is 4. The molecule has 31 heavy (non-hydrogen) atoms. The number of benzene rings is 1. The molecule has 0 radical (unpaired) electrons. The predicted octanol–water partition coefficient (Wildman–Crippen LogP) is 2.58. The van der Waals surface area contributed by atoms with Crippen LogP contribution in [0.1, 0.15) is 54.7 Å². The molecule has 7 nitrogen and oxygen atoms in total. The van der Waals surface area contributed by atoms with Crippen molar-refractivity contribution in [1.29, 1.82) is 0 Å². The Morgan fingerprint density at radius 2 is 1.94 bits per heavy atom. The lowest BCUT2D eigenvalue weighted by atomic mass is 9.96. The maximum Gasteiger partial charge on any atom is 0.241 e. The van der Waals surface area contributed by atoms with E-state index >= 15 is 0 Å². The lowest BCUT2D eigenvalue weighted by molar-refractivity contribution is -0.133. The molecule has 1 N–H and O–H groups in total. The van der Waals surface area contributed by atoms with Crippen molar-refractivity contribution in [2.45, 2.75) is 52.0 Å². The molecular formula is C24H31N5O2. The predicted molar refractivity (Wildman–Crippen MR) is 120 cm³/mol. The van der Waals surface area contributed by atoms with E-state index in [1.54, 1.807) is 0 Å². The molecule has 0 spiro atoms. The summed E-state index contributed by atoms with van der Waals surface area (Å²) in [4.78, 5) is 37.8. The van der Waals surface area contributed by atoms with Crippen molar-refractivity contribution in [2.24, 2.45) is 0 Å². The van der Waals surface area contributed by atoms with E-state index in [0.29, 0.717) is 6.54 Å². The zero-order chi connectivity index (χ0) is 21.8. The van der Waals surface area contributed by atoms with Crippen molar-refractivity contribution in [3.8, 4) is 0 Å². The van der Waals surface area contributed by atoms with E-state index < -0.39 is 0 Å². The normalized spacial score (nSPS) is 18.5. The van der Waals surface area contributed by atoms with Crippen molar-refractivity contribution < 1.29 is 9.59 Å². The first kappa shape index (κ1) is 21.3. The van der Waals surface area contributed by atoms with Gasteiger partial charge < -0.3 is 15.1 Å². The number of amides is 2. The minimum atomic E-state index is -0.186. The number of anilines is 1. The number of likely N-dealkylation sites (tertiary alicyclic amines) is 1. The second-order valence-corrected chi connectivity index (χ2v) is 8.57. The highest BCUT2D eigenvalue weighted by Crippen LogP contribution is 2.32. The Morgan fingerprint density at radius 3 is 2.71 bits per heavy atom. The molecule has 0 saturated carbocycles. The molecule has 164 valence electrons. The maximum atomic E-state index is 12.5. The van der Waals surface area contributed by atoms with E-state index in [2.05, 4.69) is 41.4 Å². The van der Waals surface area contributed by atoms with Crippen LogP contribution < -0.4 is 10.2 Å². The summed E-state index contributed by atoms with van der Waals surface area (Å²) in [5, 5.41) is 2.61. The molecule has 1 atom stereocenters. The summed E-state index contributed by atoms with van der Waals surface area (Å²) in [5.41, 5.74) is 3.58. The van der Waals surface area contributed by atoms with Crippen LogP contribution in [0, 0.1) is 6.92 Å². The Bertz CT molecular complexity index is 946. The Hall–Kier alpha value is -2.96. The summed E-state index contributed by atoms with van der Waals surface area (Å²) in [6.45, 7) is 6.72. The quantitative estimate of drug-likeness (QED) is 0.803. The molecule has 7 heteroatoms. The van der Waals surface area contributed by atoms with Crippen LogP contribution in [0.15, 0.2) is 30.3 Å². The fourth-order valence-electron chi connectivity index (χ4n) is 4.58. The molecule has 1 fully saturated rings. The molecule has 1 aromatic heterocycles. The van der Waals surface area contributed by atoms with Crippen LogP contribution in [0.25, 0.3) is 0 Å². The molecule has 2 aliphatic rings. The van der Waals surface area contributed by atoms with Gasteiger partial charge in [-0.25, -0.2) is 9.97 Å². The minimum absolute atomic E-state index is 0.0414.